The number of aromatic nitrogens is 6. The summed E-state index contributed by atoms with van der Waals surface area (Å²) in [7, 11) is 0. The molecule has 19 heavy (non-hydrogen) atoms. The lowest BCUT2D eigenvalue weighted by Crippen LogP contribution is -2.08. The third kappa shape index (κ3) is 2.03. The summed E-state index contributed by atoms with van der Waals surface area (Å²) in [5, 5.41) is 11.0. The van der Waals surface area contributed by atoms with Crippen LogP contribution in [0.15, 0.2) is 18.6 Å². The van der Waals surface area contributed by atoms with Crippen LogP contribution in [0.3, 0.4) is 0 Å². The van der Waals surface area contributed by atoms with Gasteiger partial charge in [0, 0.05) is 18.9 Å². The van der Waals surface area contributed by atoms with Crippen LogP contribution in [0.5, 0.6) is 0 Å². The molecule has 0 aromatic carbocycles. The van der Waals surface area contributed by atoms with Gasteiger partial charge in [-0.05, 0) is 13.3 Å². The molecule has 0 aliphatic carbocycles. The Balaban J connectivity index is 2.16. The van der Waals surface area contributed by atoms with Crippen molar-refractivity contribution in [2.45, 2.75) is 20.3 Å². The van der Waals surface area contributed by atoms with E-state index in [1.165, 1.54) is 0 Å². The van der Waals surface area contributed by atoms with E-state index in [4.69, 9.17) is 0 Å². The number of aryl methyl sites for hydroxylation is 1. The zero-order valence-corrected chi connectivity index (χ0v) is 10.9. The van der Waals surface area contributed by atoms with Crippen LogP contribution in [0.25, 0.3) is 16.9 Å². The smallest absolute Gasteiger partial charge is 0.226 e. The minimum absolute atomic E-state index is 0.599. The minimum Gasteiger partial charge on any atom is -0.354 e. The molecule has 0 spiro atoms. The quantitative estimate of drug-likeness (QED) is 0.742. The van der Waals surface area contributed by atoms with Gasteiger partial charge in [-0.15, -0.1) is 0 Å². The summed E-state index contributed by atoms with van der Waals surface area (Å²) in [6.45, 7) is 4.87. The summed E-state index contributed by atoms with van der Waals surface area (Å²) in [5.41, 5.74) is 0.719. The molecule has 7 heteroatoms. The minimum atomic E-state index is 0.599. The van der Waals surface area contributed by atoms with Gasteiger partial charge in [0.25, 0.3) is 0 Å². The van der Waals surface area contributed by atoms with Crippen LogP contribution in [0, 0.1) is 6.92 Å². The zero-order valence-electron chi connectivity index (χ0n) is 10.9. The second-order valence-electron chi connectivity index (χ2n) is 4.27. The normalized spacial score (nSPS) is 11.1. The molecule has 0 unspecified atom stereocenters. The van der Waals surface area contributed by atoms with Gasteiger partial charge in [0.1, 0.15) is 5.82 Å². The second kappa shape index (κ2) is 4.68. The van der Waals surface area contributed by atoms with E-state index in [0.29, 0.717) is 5.95 Å². The Kier molecular flexibility index (Phi) is 2.86. The summed E-state index contributed by atoms with van der Waals surface area (Å²) in [4.78, 5) is 13.2. The van der Waals surface area contributed by atoms with Crippen molar-refractivity contribution >= 4 is 17.0 Å². The third-order valence-corrected chi connectivity index (χ3v) is 2.88. The molecule has 0 amide bonds. The first-order valence-corrected chi connectivity index (χ1v) is 6.25. The molecule has 3 aromatic rings. The van der Waals surface area contributed by atoms with Crippen LogP contribution in [-0.2, 0) is 0 Å². The number of H-pyrrole nitrogens is 1. The number of nitrogens with one attached hydrogen (secondary N) is 2. The molecule has 0 atom stereocenters. The van der Waals surface area contributed by atoms with Gasteiger partial charge in [-0.3, -0.25) is 9.67 Å². The molecule has 0 saturated carbocycles. The molecular formula is C12H15N7. The van der Waals surface area contributed by atoms with E-state index in [9.17, 15) is 0 Å². The Bertz CT molecular complexity index is 697. The second-order valence-corrected chi connectivity index (χ2v) is 4.27. The molecule has 3 heterocycles. The van der Waals surface area contributed by atoms with Crippen LogP contribution >= 0.6 is 0 Å². The van der Waals surface area contributed by atoms with E-state index in [1.807, 2.05) is 17.7 Å². The first-order valence-electron chi connectivity index (χ1n) is 6.25. The Morgan fingerprint density at radius 3 is 3.00 bits per heavy atom. The number of fused-ring (bicyclic) bond motifs is 1. The average molecular weight is 257 g/mol. The van der Waals surface area contributed by atoms with Crippen LogP contribution in [-0.4, -0.2) is 36.3 Å². The number of anilines is 1. The molecular weight excluding hydrogens is 242 g/mol. The summed E-state index contributed by atoms with van der Waals surface area (Å²) in [6.07, 6.45) is 6.38. The number of imidazole rings is 1. The van der Waals surface area contributed by atoms with Crippen molar-refractivity contribution < 1.29 is 0 Å². The van der Waals surface area contributed by atoms with Crippen molar-refractivity contribution in [1.82, 2.24) is 29.7 Å². The molecule has 98 valence electrons. The van der Waals surface area contributed by atoms with Gasteiger partial charge in [0.05, 0.1) is 11.6 Å². The van der Waals surface area contributed by atoms with Crippen molar-refractivity contribution in [1.29, 1.82) is 0 Å². The number of hydrogen-bond acceptors (Lipinski definition) is 5. The number of aromatic amines is 1. The maximum atomic E-state index is 4.55. The fraction of sp³-hybridized carbons (Fsp3) is 0.333. The van der Waals surface area contributed by atoms with E-state index in [2.05, 4.69) is 37.4 Å². The molecule has 3 rings (SSSR count). The highest BCUT2D eigenvalue weighted by atomic mass is 15.2. The highest BCUT2D eigenvalue weighted by molar-refractivity contribution is 5.82. The number of hydrogen-bond donors (Lipinski definition) is 2. The van der Waals surface area contributed by atoms with Crippen LogP contribution in [0.2, 0.25) is 0 Å². The summed E-state index contributed by atoms with van der Waals surface area (Å²) in [6, 6.07) is 0. The molecule has 2 N–H and O–H groups in total. The van der Waals surface area contributed by atoms with Gasteiger partial charge in [0.15, 0.2) is 11.5 Å². The fourth-order valence-corrected chi connectivity index (χ4v) is 1.92. The number of nitrogens with zero attached hydrogens (tertiary/aromatic N) is 5. The maximum Gasteiger partial charge on any atom is 0.226 e. The first kappa shape index (κ1) is 11.6. The van der Waals surface area contributed by atoms with Crippen LogP contribution in [0.1, 0.15) is 19.2 Å². The molecule has 0 aliphatic heterocycles. The van der Waals surface area contributed by atoms with Crippen LogP contribution in [0.4, 0.5) is 5.95 Å². The van der Waals surface area contributed by atoms with Gasteiger partial charge in [-0.1, -0.05) is 6.92 Å². The summed E-state index contributed by atoms with van der Waals surface area (Å²) < 4.78 is 1.93. The molecule has 3 aromatic heterocycles. The Morgan fingerprint density at radius 1 is 1.37 bits per heavy atom. The van der Waals surface area contributed by atoms with Crippen molar-refractivity contribution in [2.75, 3.05) is 11.9 Å². The van der Waals surface area contributed by atoms with Gasteiger partial charge < -0.3 is 5.32 Å². The van der Waals surface area contributed by atoms with Gasteiger partial charge >= 0.3 is 0 Å². The van der Waals surface area contributed by atoms with Crippen molar-refractivity contribution in [2.24, 2.45) is 0 Å². The fourth-order valence-electron chi connectivity index (χ4n) is 1.92. The molecule has 0 aliphatic rings. The highest BCUT2D eigenvalue weighted by Crippen LogP contribution is 2.20. The molecule has 0 radical (unpaired) electrons. The van der Waals surface area contributed by atoms with Gasteiger partial charge in [-0.25, -0.2) is 4.98 Å². The molecule has 0 bridgehead atoms. The molecule has 0 fully saturated rings. The third-order valence-electron chi connectivity index (χ3n) is 2.88. The topological polar surface area (TPSA) is 84.3 Å². The highest BCUT2D eigenvalue weighted by Gasteiger charge is 2.12. The van der Waals surface area contributed by atoms with Crippen molar-refractivity contribution in [3.63, 3.8) is 0 Å². The Morgan fingerprint density at radius 2 is 2.26 bits per heavy atom. The van der Waals surface area contributed by atoms with E-state index in [0.717, 1.165) is 35.6 Å². The average Bonchev–Trinajstić information content (AvgIpc) is 3.03. The van der Waals surface area contributed by atoms with Gasteiger partial charge in [-0.2, -0.15) is 15.1 Å². The predicted octanol–water partition coefficient (Wildman–Crippen LogP) is 1.67. The molecule has 7 nitrogen and oxygen atoms in total. The number of rotatable bonds is 4. The lowest BCUT2D eigenvalue weighted by Gasteiger charge is -2.08. The lowest BCUT2D eigenvalue weighted by atomic mass is 10.4. The monoisotopic (exact) mass is 257 g/mol. The predicted molar refractivity (Wildman–Crippen MR) is 72.3 cm³/mol. The summed E-state index contributed by atoms with van der Waals surface area (Å²) in [5.74, 6) is 2.26. The van der Waals surface area contributed by atoms with E-state index in [-0.39, 0.29) is 0 Å². The Hall–Kier alpha value is -2.44. The van der Waals surface area contributed by atoms with Gasteiger partial charge in [0.2, 0.25) is 5.95 Å². The van der Waals surface area contributed by atoms with Crippen molar-refractivity contribution in [3.05, 3.63) is 24.4 Å². The first-order chi connectivity index (χ1) is 9.29. The summed E-state index contributed by atoms with van der Waals surface area (Å²) >= 11 is 0. The molecule has 0 saturated heterocycles. The SMILES string of the molecule is CCCNc1nc(-n2ccnc2C)c2cn[nH]c2n1. The maximum absolute atomic E-state index is 4.55. The van der Waals surface area contributed by atoms with E-state index < -0.39 is 0 Å². The van der Waals surface area contributed by atoms with E-state index >= 15 is 0 Å². The zero-order chi connectivity index (χ0) is 13.2. The standard InChI is InChI=1S/C12H15N7/c1-3-4-14-12-16-10-9(7-15-18-10)11(17-12)19-6-5-13-8(19)2/h5-7H,3-4H2,1-2H3,(H2,14,15,16,17,18). The lowest BCUT2D eigenvalue weighted by molar-refractivity contribution is 0.916. The van der Waals surface area contributed by atoms with E-state index in [1.54, 1.807) is 12.4 Å². The largest absolute Gasteiger partial charge is 0.354 e. The Labute approximate surface area is 110 Å². The van der Waals surface area contributed by atoms with Crippen molar-refractivity contribution in [3.8, 4) is 5.82 Å². The van der Waals surface area contributed by atoms with Crippen LogP contribution < -0.4 is 5.32 Å².